The van der Waals surface area contributed by atoms with Crippen molar-refractivity contribution >= 4 is 30.7 Å². The van der Waals surface area contributed by atoms with Gasteiger partial charge in [0.25, 0.3) is 0 Å². The van der Waals surface area contributed by atoms with Gasteiger partial charge in [0.15, 0.2) is 0 Å². The summed E-state index contributed by atoms with van der Waals surface area (Å²) in [7, 11) is 0. The van der Waals surface area contributed by atoms with Crippen molar-refractivity contribution in [2.45, 2.75) is 51.1 Å². The van der Waals surface area contributed by atoms with Gasteiger partial charge in [-0.05, 0) is 45.7 Å². The number of piperazine rings is 1. The summed E-state index contributed by atoms with van der Waals surface area (Å²) in [6.07, 6.45) is 6.17. The van der Waals surface area contributed by atoms with Crippen LogP contribution < -0.4 is 5.32 Å². The third kappa shape index (κ3) is 4.25. The second-order valence-electron chi connectivity index (χ2n) is 6.53. The quantitative estimate of drug-likeness (QED) is 0.793. The molecule has 0 aromatic carbocycles. The molecule has 0 saturated carbocycles. The Morgan fingerprint density at radius 2 is 1.90 bits per heavy atom. The van der Waals surface area contributed by atoms with E-state index in [1.165, 1.54) is 25.8 Å². The molecule has 0 aliphatic carbocycles. The van der Waals surface area contributed by atoms with Gasteiger partial charge in [-0.1, -0.05) is 6.42 Å². The van der Waals surface area contributed by atoms with Crippen LogP contribution in [0.1, 0.15) is 39.0 Å². The van der Waals surface area contributed by atoms with Crippen LogP contribution in [0.2, 0.25) is 0 Å². The summed E-state index contributed by atoms with van der Waals surface area (Å²) in [6.45, 7) is 7.47. The number of rotatable bonds is 1. The van der Waals surface area contributed by atoms with Crippen molar-refractivity contribution < 1.29 is 4.79 Å². The van der Waals surface area contributed by atoms with E-state index in [1.807, 2.05) is 0 Å². The molecule has 3 rings (SSSR count). The van der Waals surface area contributed by atoms with Crippen molar-refractivity contribution in [2.75, 3.05) is 32.7 Å². The minimum absolute atomic E-state index is 0. The van der Waals surface area contributed by atoms with Crippen molar-refractivity contribution in [3.05, 3.63) is 0 Å². The average molecular weight is 338 g/mol. The van der Waals surface area contributed by atoms with Crippen LogP contribution in [0.3, 0.4) is 0 Å². The third-order valence-electron chi connectivity index (χ3n) is 5.12. The van der Waals surface area contributed by atoms with Crippen LogP contribution in [0.15, 0.2) is 0 Å². The zero-order chi connectivity index (χ0) is 13.2. The highest BCUT2D eigenvalue weighted by Crippen LogP contribution is 2.26. The molecule has 2 unspecified atom stereocenters. The second kappa shape index (κ2) is 8.56. The van der Waals surface area contributed by atoms with Gasteiger partial charge in [-0.3, -0.25) is 9.69 Å². The maximum Gasteiger partial charge on any atom is 0.227 e. The molecule has 3 heterocycles. The highest BCUT2D eigenvalue weighted by molar-refractivity contribution is 5.85. The van der Waals surface area contributed by atoms with Crippen LogP contribution in [0.4, 0.5) is 0 Å². The molecule has 124 valence electrons. The molecule has 4 nitrogen and oxygen atoms in total. The Morgan fingerprint density at radius 1 is 1.10 bits per heavy atom. The Balaban J connectivity index is 0.00000110. The van der Waals surface area contributed by atoms with Crippen molar-refractivity contribution in [3.8, 4) is 0 Å². The summed E-state index contributed by atoms with van der Waals surface area (Å²) >= 11 is 0. The molecule has 0 bridgehead atoms. The first kappa shape index (κ1) is 19.0. The molecule has 3 fully saturated rings. The van der Waals surface area contributed by atoms with E-state index in [0.29, 0.717) is 18.0 Å². The monoisotopic (exact) mass is 337 g/mol. The first-order valence-corrected chi connectivity index (χ1v) is 8.01. The smallest absolute Gasteiger partial charge is 0.227 e. The van der Waals surface area contributed by atoms with Gasteiger partial charge in [0.2, 0.25) is 5.91 Å². The van der Waals surface area contributed by atoms with Crippen LogP contribution in [-0.2, 0) is 4.79 Å². The molecule has 3 aliphatic heterocycles. The lowest BCUT2D eigenvalue weighted by Gasteiger charge is -2.48. The summed E-state index contributed by atoms with van der Waals surface area (Å²) < 4.78 is 0. The molecule has 0 spiro atoms. The summed E-state index contributed by atoms with van der Waals surface area (Å²) in [4.78, 5) is 17.5. The highest BCUT2D eigenvalue weighted by atomic mass is 35.5. The molecule has 1 amide bonds. The van der Waals surface area contributed by atoms with Gasteiger partial charge >= 0.3 is 0 Å². The van der Waals surface area contributed by atoms with Gasteiger partial charge in [-0.15, -0.1) is 24.8 Å². The molecular weight excluding hydrogens is 309 g/mol. The largest absolute Gasteiger partial charge is 0.337 e. The molecule has 0 aromatic rings. The first-order chi connectivity index (χ1) is 9.25. The number of carbonyl (C=O) groups excluding carboxylic acids is 1. The Morgan fingerprint density at radius 3 is 2.62 bits per heavy atom. The minimum atomic E-state index is 0. The fourth-order valence-corrected chi connectivity index (χ4v) is 3.96. The number of fused-ring (bicyclic) bond motifs is 1. The van der Waals surface area contributed by atoms with Gasteiger partial charge in [0.05, 0.1) is 5.92 Å². The van der Waals surface area contributed by atoms with Crippen LogP contribution in [-0.4, -0.2) is 60.5 Å². The fourth-order valence-electron chi connectivity index (χ4n) is 3.96. The van der Waals surface area contributed by atoms with Crippen molar-refractivity contribution in [2.24, 2.45) is 5.92 Å². The standard InChI is InChI=1S/C15H27N3O.2ClH/c1-12-10-17-8-3-2-6-14(17)11-18(12)15(19)13-5-4-7-16-9-13;;/h12-14,16H,2-11H2,1H3;2*1H/t12?,13-,14?;;/m1../s1. The summed E-state index contributed by atoms with van der Waals surface area (Å²) in [5, 5.41) is 3.37. The van der Waals surface area contributed by atoms with Gasteiger partial charge in [0, 0.05) is 31.7 Å². The van der Waals surface area contributed by atoms with E-state index in [9.17, 15) is 4.79 Å². The lowest BCUT2D eigenvalue weighted by atomic mass is 9.93. The van der Waals surface area contributed by atoms with Gasteiger partial charge in [-0.25, -0.2) is 0 Å². The maximum absolute atomic E-state index is 12.7. The molecule has 3 aliphatic rings. The normalized spacial score (nSPS) is 33.4. The lowest BCUT2D eigenvalue weighted by molar-refractivity contribution is -0.143. The number of nitrogens with one attached hydrogen (secondary N) is 1. The van der Waals surface area contributed by atoms with Gasteiger partial charge in [-0.2, -0.15) is 0 Å². The minimum Gasteiger partial charge on any atom is -0.337 e. The van der Waals surface area contributed by atoms with E-state index in [-0.39, 0.29) is 30.7 Å². The molecule has 21 heavy (non-hydrogen) atoms. The first-order valence-electron chi connectivity index (χ1n) is 8.01. The van der Waals surface area contributed by atoms with Crippen LogP contribution in [0.25, 0.3) is 0 Å². The molecule has 3 atom stereocenters. The predicted octanol–water partition coefficient (Wildman–Crippen LogP) is 1.91. The van der Waals surface area contributed by atoms with Crippen molar-refractivity contribution in [1.29, 1.82) is 0 Å². The van der Waals surface area contributed by atoms with Crippen LogP contribution in [0.5, 0.6) is 0 Å². The molecular formula is C15H29Cl2N3O. The Hall–Kier alpha value is -0.0300. The molecule has 0 aromatic heterocycles. The number of halogens is 2. The van der Waals surface area contributed by atoms with E-state index >= 15 is 0 Å². The zero-order valence-electron chi connectivity index (χ0n) is 12.9. The fraction of sp³-hybridized carbons (Fsp3) is 0.933. The van der Waals surface area contributed by atoms with E-state index < -0.39 is 0 Å². The van der Waals surface area contributed by atoms with E-state index in [1.54, 1.807) is 0 Å². The second-order valence-corrected chi connectivity index (χ2v) is 6.53. The summed E-state index contributed by atoms with van der Waals surface area (Å²) in [5.41, 5.74) is 0. The van der Waals surface area contributed by atoms with Gasteiger partial charge in [0.1, 0.15) is 0 Å². The van der Waals surface area contributed by atoms with E-state index in [4.69, 9.17) is 0 Å². The summed E-state index contributed by atoms with van der Waals surface area (Å²) in [5.74, 6) is 0.635. The van der Waals surface area contributed by atoms with Crippen molar-refractivity contribution in [3.63, 3.8) is 0 Å². The van der Waals surface area contributed by atoms with Crippen molar-refractivity contribution in [1.82, 2.24) is 15.1 Å². The maximum atomic E-state index is 12.7. The number of amides is 1. The summed E-state index contributed by atoms with van der Waals surface area (Å²) in [6, 6.07) is 1.02. The average Bonchev–Trinajstić information content (AvgIpc) is 2.47. The topological polar surface area (TPSA) is 35.6 Å². The Labute approximate surface area is 140 Å². The Kier molecular flexibility index (Phi) is 7.75. The van der Waals surface area contributed by atoms with Gasteiger partial charge < -0.3 is 10.2 Å². The van der Waals surface area contributed by atoms with E-state index in [0.717, 1.165) is 39.0 Å². The number of nitrogens with zero attached hydrogens (tertiary/aromatic N) is 2. The molecule has 6 heteroatoms. The predicted molar refractivity (Wildman–Crippen MR) is 90.5 cm³/mol. The van der Waals surface area contributed by atoms with Crippen LogP contribution in [0, 0.1) is 5.92 Å². The molecule has 1 N–H and O–H groups in total. The number of hydrogen-bond donors (Lipinski definition) is 1. The molecule has 3 saturated heterocycles. The SMILES string of the molecule is CC1CN2CCCCC2CN1C(=O)[C@@H]1CCCNC1.Cl.Cl. The number of hydrogen-bond acceptors (Lipinski definition) is 3. The number of piperidine rings is 2. The third-order valence-corrected chi connectivity index (χ3v) is 5.12. The molecule has 0 radical (unpaired) electrons. The number of carbonyl (C=O) groups is 1. The van der Waals surface area contributed by atoms with E-state index in [2.05, 4.69) is 22.0 Å². The lowest BCUT2D eigenvalue weighted by Crippen LogP contribution is -2.61. The van der Waals surface area contributed by atoms with Crippen LogP contribution >= 0.6 is 24.8 Å². The zero-order valence-corrected chi connectivity index (χ0v) is 14.6. The highest BCUT2D eigenvalue weighted by Gasteiger charge is 2.37. The Bertz CT molecular complexity index is 337.